The van der Waals surface area contributed by atoms with Crippen LogP contribution in [0.4, 0.5) is 14.5 Å². The van der Waals surface area contributed by atoms with Gasteiger partial charge in [0.15, 0.2) is 11.6 Å². The van der Waals surface area contributed by atoms with Crippen LogP contribution < -0.4 is 0 Å². The van der Waals surface area contributed by atoms with Crippen molar-refractivity contribution in [2.75, 3.05) is 0 Å². The van der Waals surface area contributed by atoms with Crippen LogP contribution in [0.5, 0.6) is 0 Å². The maximum Gasteiger partial charge on any atom is 0.153 e. The lowest BCUT2D eigenvalue weighted by molar-refractivity contribution is 0.561. The molecule has 0 aromatic heterocycles. The normalized spacial score (nSPS) is 9.79. The third-order valence-electron chi connectivity index (χ3n) is 1.33. The van der Waals surface area contributed by atoms with Crippen molar-refractivity contribution in [1.82, 2.24) is 0 Å². The van der Waals surface area contributed by atoms with Crippen LogP contribution >= 0.6 is 67.8 Å². The van der Waals surface area contributed by atoms with Gasteiger partial charge in [-0.25, -0.2) is 8.78 Å². The SMILES string of the molecule is [N-]=[N+]=Nc1c(I)c(F)c(I)c(F)c1I. The zero-order chi connectivity index (χ0) is 10.9. The molecular formula is C6F2I3N3. The Morgan fingerprint density at radius 1 is 1.00 bits per heavy atom. The molecule has 0 amide bonds. The second-order valence-corrected chi connectivity index (χ2v) is 5.34. The van der Waals surface area contributed by atoms with Crippen LogP contribution in [0.1, 0.15) is 0 Å². The summed E-state index contributed by atoms with van der Waals surface area (Å²) >= 11 is 4.93. The number of rotatable bonds is 1. The fourth-order valence-corrected chi connectivity index (χ4v) is 4.11. The van der Waals surface area contributed by atoms with Crippen molar-refractivity contribution < 1.29 is 8.78 Å². The Morgan fingerprint density at radius 2 is 1.43 bits per heavy atom. The first kappa shape index (κ1) is 12.6. The second-order valence-electron chi connectivity index (χ2n) is 2.11. The zero-order valence-electron chi connectivity index (χ0n) is 6.23. The molecule has 74 valence electrons. The van der Waals surface area contributed by atoms with Gasteiger partial charge in [-0.15, -0.1) is 0 Å². The topological polar surface area (TPSA) is 48.8 Å². The quantitative estimate of drug-likeness (QED) is 0.126. The van der Waals surface area contributed by atoms with E-state index in [0.717, 1.165) is 0 Å². The Hall–Kier alpha value is 0.580. The molecule has 0 atom stereocenters. The van der Waals surface area contributed by atoms with Crippen LogP contribution in [0, 0.1) is 22.3 Å². The number of nitrogens with zero attached hydrogens (tertiary/aromatic N) is 3. The molecule has 1 rings (SSSR count). The van der Waals surface area contributed by atoms with Gasteiger partial charge in [-0.1, -0.05) is 5.11 Å². The summed E-state index contributed by atoms with van der Waals surface area (Å²) in [5.74, 6) is -1.38. The van der Waals surface area contributed by atoms with E-state index < -0.39 is 11.6 Å². The van der Waals surface area contributed by atoms with E-state index in [4.69, 9.17) is 5.53 Å². The van der Waals surface area contributed by atoms with E-state index >= 15 is 0 Å². The molecule has 0 N–H and O–H groups in total. The van der Waals surface area contributed by atoms with Crippen molar-refractivity contribution >= 4 is 73.5 Å². The minimum atomic E-state index is -0.688. The number of hydrogen-bond acceptors (Lipinski definition) is 1. The second kappa shape index (κ2) is 5.07. The molecule has 0 fully saturated rings. The van der Waals surface area contributed by atoms with E-state index in [9.17, 15) is 8.78 Å². The molecule has 1 aromatic rings. The van der Waals surface area contributed by atoms with Gasteiger partial charge in [0.1, 0.15) is 0 Å². The predicted octanol–water partition coefficient (Wildman–Crippen LogP) is 4.72. The minimum Gasteiger partial charge on any atom is -0.205 e. The van der Waals surface area contributed by atoms with E-state index in [-0.39, 0.29) is 16.4 Å². The summed E-state index contributed by atoms with van der Waals surface area (Å²) in [7, 11) is 0. The highest BCUT2D eigenvalue weighted by Gasteiger charge is 2.19. The molecular weight excluding hydrogens is 533 g/mol. The number of benzene rings is 1. The summed E-state index contributed by atoms with van der Waals surface area (Å²) in [5.41, 5.74) is 8.23. The largest absolute Gasteiger partial charge is 0.205 e. The van der Waals surface area contributed by atoms with Gasteiger partial charge in [-0.3, -0.25) is 0 Å². The summed E-state index contributed by atoms with van der Waals surface area (Å²) < 4.78 is 26.8. The minimum absolute atomic E-state index is 0.00381. The number of azide groups is 1. The molecule has 0 saturated heterocycles. The molecule has 8 heteroatoms. The molecule has 1 aromatic carbocycles. The molecule has 0 radical (unpaired) electrons. The Morgan fingerprint density at radius 3 is 1.79 bits per heavy atom. The van der Waals surface area contributed by atoms with Crippen LogP contribution in [0.3, 0.4) is 0 Å². The van der Waals surface area contributed by atoms with Gasteiger partial charge in [-0.05, 0) is 73.3 Å². The third-order valence-corrected chi connectivity index (χ3v) is 4.25. The maximum atomic E-state index is 13.3. The lowest BCUT2D eigenvalue weighted by atomic mass is 10.3. The molecule has 0 aliphatic carbocycles. The molecule has 0 bridgehead atoms. The first-order chi connectivity index (χ1) is 6.50. The monoisotopic (exact) mass is 533 g/mol. The maximum absolute atomic E-state index is 13.3. The molecule has 3 nitrogen and oxygen atoms in total. The third kappa shape index (κ3) is 2.22. The van der Waals surface area contributed by atoms with E-state index in [1.54, 1.807) is 67.8 Å². The average Bonchev–Trinajstić information content (AvgIpc) is 2.19. The van der Waals surface area contributed by atoms with Crippen LogP contribution in [0.2, 0.25) is 0 Å². The first-order valence-corrected chi connectivity index (χ1v) is 6.30. The highest BCUT2D eigenvalue weighted by Crippen LogP contribution is 2.35. The van der Waals surface area contributed by atoms with Gasteiger partial charge in [0, 0.05) is 4.91 Å². The standard InChI is InChI=1S/C6F2I3N3/c7-1-3(9)2(8)5(11)6(4(1)10)13-14-12. The Bertz CT molecular complexity index is 413. The van der Waals surface area contributed by atoms with Gasteiger partial charge in [0.2, 0.25) is 0 Å². The number of halogens is 5. The molecule has 0 saturated carbocycles. The van der Waals surface area contributed by atoms with Crippen LogP contribution in [0.25, 0.3) is 10.4 Å². The van der Waals surface area contributed by atoms with Crippen molar-refractivity contribution in [3.63, 3.8) is 0 Å². The first-order valence-electron chi connectivity index (χ1n) is 3.07. The molecule has 0 aliphatic rings. The van der Waals surface area contributed by atoms with Crippen molar-refractivity contribution in [2.45, 2.75) is 0 Å². The molecule has 0 unspecified atom stereocenters. The average molecular weight is 533 g/mol. The van der Waals surface area contributed by atoms with E-state index in [0.29, 0.717) is 0 Å². The number of hydrogen-bond donors (Lipinski definition) is 0. The van der Waals surface area contributed by atoms with Crippen LogP contribution in [-0.2, 0) is 0 Å². The molecule has 0 aliphatic heterocycles. The van der Waals surface area contributed by atoms with E-state index in [1.807, 2.05) is 0 Å². The smallest absolute Gasteiger partial charge is 0.153 e. The van der Waals surface area contributed by atoms with Gasteiger partial charge >= 0.3 is 0 Å². The Kier molecular flexibility index (Phi) is 4.58. The lowest BCUT2D eigenvalue weighted by Crippen LogP contribution is -1.97. The highest BCUT2D eigenvalue weighted by molar-refractivity contribution is 14.1. The molecule has 0 spiro atoms. The summed E-state index contributed by atoms with van der Waals surface area (Å²) in [6.07, 6.45) is 0. The summed E-state index contributed by atoms with van der Waals surface area (Å²) in [6, 6.07) is 0. The zero-order valence-corrected chi connectivity index (χ0v) is 12.7. The van der Waals surface area contributed by atoms with Gasteiger partial charge in [-0.2, -0.15) is 0 Å². The van der Waals surface area contributed by atoms with Gasteiger partial charge in [0.05, 0.1) is 16.4 Å². The van der Waals surface area contributed by atoms with Crippen molar-refractivity contribution in [3.05, 3.63) is 32.8 Å². The lowest BCUT2D eigenvalue weighted by Gasteiger charge is -2.06. The predicted molar refractivity (Wildman–Crippen MR) is 73.3 cm³/mol. The van der Waals surface area contributed by atoms with Crippen LogP contribution in [0.15, 0.2) is 5.11 Å². The Balaban J connectivity index is 3.67. The summed E-state index contributed by atoms with van der Waals surface area (Å²) in [6.45, 7) is 0. The highest BCUT2D eigenvalue weighted by atomic mass is 127. The molecule has 14 heavy (non-hydrogen) atoms. The van der Waals surface area contributed by atoms with E-state index in [1.165, 1.54) is 0 Å². The van der Waals surface area contributed by atoms with Crippen molar-refractivity contribution in [1.29, 1.82) is 0 Å². The van der Waals surface area contributed by atoms with E-state index in [2.05, 4.69) is 10.0 Å². The summed E-state index contributed by atoms with van der Waals surface area (Å²) in [5, 5.41) is 3.25. The Labute approximate surface area is 119 Å². The van der Waals surface area contributed by atoms with Gasteiger partial charge < -0.3 is 0 Å². The fourth-order valence-electron chi connectivity index (χ4n) is 0.726. The fraction of sp³-hybridized carbons (Fsp3) is 0. The summed E-state index contributed by atoms with van der Waals surface area (Å²) in [4.78, 5) is 2.52. The molecule has 0 heterocycles. The van der Waals surface area contributed by atoms with Gasteiger partial charge in [0.25, 0.3) is 0 Å². The van der Waals surface area contributed by atoms with Crippen molar-refractivity contribution in [2.24, 2.45) is 5.11 Å². The van der Waals surface area contributed by atoms with Crippen molar-refractivity contribution in [3.8, 4) is 0 Å². The van der Waals surface area contributed by atoms with Crippen LogP contribution in [-0.4, -0.2) is 0 Å².